The summed E-state index contributed by atoms with van der Waals surface area (Å²) < 4.78 is 53.2. The summed E-state index contributed by atoms with van der Waals surface area (Å²) in [6.07, 6.45) is 1.40. The van der Waals surface area contributed by atoms with Crippen molar-refractivity contribution in [3.05, 3.63) is 101 Å². The van der Waals surface area contributed by atoms with Gasteiger partial charge in [-0.1, -0.05) is 6.07 Å². The molecule has 5 aromatic rings. The number of fused-ring (bicyclic) bond motifs is 2. The largest absolute Gasteiger partial charge is 0.457 e. The second kappa shape index (κ2) is 10.8. The van der Waals surface area contributed by atoms with Gasteiger partial charge in [-0.3, -0.25) is 9.78 Å². The fraction of sp³-hybridized carbons (Fsp3) is 0.226. The molecule has 5 heterocycles. The van der Waals surface area contributed by atoms with Gasteiger partial charge in [-0.2, -0.15) is 13.2 Å². The zero-order valence-corrected chi connectivity index (χ0v) is 22.8. The molecule has 1 aliphatic heterocycles. The highest BCUT2D eigenvalue weighted by molar-refractivity contribution is 5.83. The monoisotopic (exact) mass is 573 g/mol. The number of carbonyl (C=O) groups is 1. The van der Waals surface area contributed by atoms with Crippen molar-refractivity contribution >= 4 is 16.9 Å². The van der Waals surface area contributed by atoms with Crippen LogP contribution in [0, 0.1) is 6.92 Å². The molecule has 8 nitrogen and oxygen atoms in total. The topological polar surface area (TPSA) is 93.2 Å². The molecule has 1 aromatic carbocycles. The first-order valence-electron chi connectivity index (χ1n) is 13.3. The average Bonchev–Trinajstić information content (AvgIpc) is 3.35. The summed E-state index contributed by atoms with van der Waals surface area (Å²) in [6, 6.07) is 13.1. The van der Waals surface area contributed by atoms with Gasteiger partial charge in [0, 0.05) is 37.0 Å². The Morgan fingerprint density at radius 2 is 1.83 bits per heavy atom. The number of aryl methyl sites for hydroxylation is 1. The van der Waals surface area contributed by atoms with Gasteiger partial charge < -0.3 is 19.4 Å². The molecule has 1 amide bonds. The number of hydrogen-bond acceptors (Lipinski definition) is 6. The number of rotatable bonds is 6. The molecule has 0 saturated carbocycles. The number of aromatic nitrogens is 4. The molecular weight excluding hydrogens is 547 g/mol. The molecule has 4 aromatic heterocycles. The van der Waals surface area contributed by atoms with Gasteiger partial charge in [-0.25, -0.2) is 9.97 Å². The normalized spacial score (nSPS) is 15.0. The van der Waals surface area contributed by atoms with Gasteiger partial charge in [0.05, 0.1) is 17.8 Å². The SMILES string of the molecule is Cc1cc2c(Oc3ccc4c(c3)[C@H](C)N(C(=O)Cc3cnc(Oc5ccncc5)c(C(F)(F)F)c3)CC4)ccnc2[nH]1. The number of ether oxygens (including phenoxy) is 2. The fourth-order valence-corrected chi connectivity index (χ4v) is 5.22. The summed E-state index contributed by atoms with van der Waals surface area (Å²) in [5.41, 5.74) is 2.82. The van der Waals surface area contributed by atoms with Gasteiger partial charge in [0.15, 0.2) is 0 Å². The van der Waals surface area contributed by atoms with Crippen molar-refractivity contribution in [2.24, 2.45) is 0 Å². The highest BCUT2D eigenvalue weighted by Crippen LogP contribution is 2.38. The van der Waals surface area contributed by atoms with Crippen molar-refractivity contribution in [1.82, 2.24) is 24.8 Å². The van der Waals surface area contributed by atoms with E-state index < -0.39 is 17.6 Å². The van der Waals surface area contributed by atoms with Gasteiger partial charge in [0.2, 0.25) is 11.8 Å². The van der Waals surface area contributed by atoms with E-state index >= 15 is 0 Å². The first kappa shape index (κ1) is 27.3. The second-order valence-corrected chi connectivity index (χ2v) is 10.2. The van der Waals surface area contributed by atoms with Crippen molar-refractivity contribution in [3.8, 4) is 23.1 Å². The van der Waals surface area contributed by atoms with Gasteiger partial charge in [0.25, 0.3) is 0 Å². The third-order valence-electron chi connectivity index (χ3n) is 7.26. The Balaban J connectivity index is 1.21. The van der Waals surface area contributed by atoms with Crippen LogP contribution >= 0.6 is 0 Å². The van der Waals surface area contributed by atoms with Crippen LogP contribution in [0.15, 0.2) is 73.3 Å². The highest BCUT2D eigenvalue weighted by atomic mass is 19.4. The Morgan fingerprint density at radius 3 is 2.62 bits per heavy atom. The molecule has 1 aliphatic rings. The maximum atomic E-state index is 13.9. The van der Waals surface area contributed by atoms with E-state index in [1.54, 1.807) is 17.2 Å². The number of benzene rings is 1. The van der Waals surface area contributed by atoms with Crippen LogP contribution in [0.2, 0.25) is 0 Å². The maximum Gasteiger partial charge on any atom is 0.421 e. The number of pyridine rings is 3. The Kier molecular flexibility index (Phi) is 7.01. The van der Waals surface area contributed by atoms with Gasteiger partial charge in [-0.05, 0) is 79.4 Å². The van der Waals surface area contributed by atoms with E-state index in [9.17, 15) is 18.0 Å². The van der Waals surface area contributed by atoms with Crippen molar-refractivity contribution in [2.75, 3.05) is 6.54 Å². The smallest absolute Gasteiger partial charge is 0.421 e. The van der Waals surface area contributed by atoms with Crippen LogP contribution in [0.1, 0.15) is 40.9 Å². The Hall–Kier alpha value is -4.93. The van der Waals surface area contributed by atoms with Crippen molar-refractivity contribution in [2.45, 2.75) is 38.9 Å². The van der Waals surface area contributed by atoms with E-state index in [0.717, 1.165) is 33.9 Å². The molecule has 1 atom stereocenters. The van der Waals surface area contributed by atoms with Gasteiger partial charge in [0.1, 0.15) is 28.5 Å². The summed E-state index contributed by atoms with van der Waals surface area (Å²) in [4.78, 5) is 30.3. The molecule has 214 valence electrons. The lowest BCUT2D eigenvalue weighted by atomic mass is 9.92. The number of hydrogen-bond donors (Lipinski definition) is 1. The van der Waals surface area contributed by atoms with Crippen molar-refractivity contribution in [1.29, 1.82) is 0 Å². The predicted molar refractivity (Wildman–Crippen MR) is 148 cm³/mol. The molecule has 0 aliphatic carbocycles. The molecule has 6 rings (SSSR count). The molecule has 0 bridgehead atoms. The number of halogens is 3. The van der Waals surface area contributed by atoms with Crippen molar-refractivity contribution < 1.29 is 27.4 Å². The zero-order valence-electron chi connectivity index (χ0n) is 22.8. The van der Waals surface area contributed by atoms with E-state index in [2.05, 4.69) is 19.9 Å². The fourth-order valence-electron chi connectivity index (χ4n) is 5.22. The lowest BCUT2D eigenvalue weighted by molar-refractivity contribution is -0.139. The number of nitrogens with zero attached hydrogens (tertiary/aromatic N) is 4. The Labute approximate surface area is 239 Å². The molecular formula is C31H26F3N5O3. The van der Waals surface area contributed by atoms with E-state index in [-0.39, 0.29) is 29.7 Å². The van der Waals surface area contributed by atoms with Crippen LogP contribution in [0.5, 0.6) is 23.1 Å². The summed E-state index contributed by atoms with van der Waals surface area (Å²) in [7, 11) is 0. The number of alkyl halides is 3. The third kappa shape index (κ3) is 5.50. The quantitative estimate of drug-likeness (QED) is 0.236. The standard InChI is InChI=1S/C31H26F3N5O3/c1-18-13-25-27(7-11-36-29(25)38-18)41-23-4-3-21-8-12-39(19(2)24(21)16-23)28(40)15-20-14-26(31(32,33)34)30(37-17-20)42-22-5-9-35-10-6-22/h3-7,9-11,13-14,16-17,19H,8,12,15H2,1-2H3,(H,36,38)/t19-/m0/s1. The summed E-state index contributed by atoms with van der Waals surface area (Å²) in [5, 5.41) is 0.863. The Bertz CT molecular complexity index is 1770. The highest BCUT2D eigenvalue weighted by Gasteiger charge is 2.36. The van der Waals surface area contributed by atoms with Crippen LogP contribution in [-0.2, 0) is 23.8 Å². The number of H-pyrrole nitrogens is 1. The van der Waals surface area contributed by atoms with Crippen LogP contribution in [-0.4, -0.2) is 37.3 Å². The molecule has 42 heavy (non-hydrogen) atoms. The molecule has 0 unspecified atom stereocenters. The van der Waals surface area contributed by atoms with Crippen LogP contribution in [0.25, 0.3) is 11.0 Å². The lowest BCUT2D eigenvalue weighted by Gasteiger charge is -2.35. The Morgan fingerprint density at radius 1 is 1.02 bits per heavy atom. The van der Waals surface area contributed by atoms with E-state index in [1.807, 2.05) is 38.1 Å². The van der Waals surface area contributed by atoms with Gasteiger partial charge >= 0.3 is 6.18 Å². The number of nitrogens with one attached hydrogen (secondary N) is 1. The number of amides is 1. The summed E-state index contributed by atoms with van der Waals surface area (Å²) >= 11 is 0. The first-order chi connectivity index (χ1) is 20.2. The third-order valence-corrected chi connectivity index (χ3v) is 7.26. The molecule has 0 spiro atoms. The van der Waals surface area contributed by atoms with Crippen molar-refractivity contribution in [3.63, 3.8) is 0 Å². The molecule has 11 heteroatoms. The van der Waals surface area contributed by atoms with Gasteiger partial charge in [-0.15, -0.1) is 0 Å². The first-order valence-corrected chi connectivity index (χ1v) is 13.3. The van der Waals surface area contributed by atoms with E-state index in [1.165, 1.54) is 30.7 Å². The van der Waals surface area contributed by atoms with E-state index in [0.29, 0.717) is 24.5 Å². The summed E-state index contributed by atoms with van der Waals surface area (Å²) in [5.74, 6) is 0.567. The average molecular weight is 574 g/mol. The maximum absolute atomic E-state index is 13.9. The molecule has 0 saturated heterocycles. The molecule has 0 fully saturated rings. The molecule has 1 N–H and O–H groups in total. The zero-order chi connectivity index (χ0) is 29.4. The van der Waals surface area contributed by atoms with Crippen LogP contribution in [0.4, 0.5) is 13.2 Å². The minimum Gasteiger partial charge on any atom is -0.457 e. The minimum atomic E-state index is -4.72. The number of aromatic amines is 1. The number of carbonyl (C=O) groups excluding carboxylic acids is 1. The van der Waals surface area contributed by atoms with Crippen LogP contribution < -0.4 is 9.47 Å². The predicted octanol–water partition coefficient (Wildman–Crippen LogP) is 6.95. The lowest BCUT2D eigenvalue weighted by Crippen LogP contribution is -2.39. The second-order valence-electron chi connectivity index (χ2n) is 10.2. The van der Waals surface area contributed by atoms with E-state index in [4.69, 9.17) is 9.47 Å². The molecule has 0 radical (unpaired) electrons. The van der Waals surface area contributed by atoms with Crippen LogP contribution in [0.3, 0.4) is 0 Å². The summed E-state index contributed by atoms with van der Waals surface area (Å²) in [6.45, 7) is 4.30. The minimum absolute atomic E-state index is 0.146.